The van der Waals surface area contributed by atoms with Crippen LogP contribution in [0, 0.1) is 19.6 Å². The number of fused-ring (bicyclic) bond motifs is 3. The van der Waals surface area contributed by atoms with Crippen molar-refractivity contribution in [2.45, 2.75) is 29.6 Å². The second-order valence-corrected chi connectivity index (χ2v) is 12.3. The monoisotopic (exact) mass is 701 g/mol. The van der Waals surface area contributed by atoms with E-state index < -0.39 is 58.3 Å². The van der Waals surface area contributed by atoms with E-state index in [1.807, 2.05) is 71.6 Å². The molecule has 10 nitrogen and oxygen atoms in total. The lowest BCUT2D eigenvalue weighted by Crippen LogP contribution is -2.52. The van der Waals surface area contributed by atoms with Gasteiger partial charge in [0.15, 0.2) is 0 Å². The van der Waals surface area contributed by atoms with E-state index in [1.54, 1.807) is 24.3 Å². The van der Waals surface area contributed by atoms with Gasteiger partial charge >= 0.3 is 11.9 Å². The molecule has 3 aliphatic rings. The Bertz CT molecular complexity index is 1820. The predicted octanol–water partition coefficient (Wildman–Crippen LogP) is 5.56. The number of halogens is 1. The molecule has 3 aliphatic heterocycles. The van der Waals surface area contributed by atoms with Gasteiger partial charge in [0.2, 0.25) is 5.91 Å². The topological polar surface area (TPSA) is 139 Å². The fraction of sp³-hybridized carbons (Fsp3) is 0.182. The molecule has 3 heterocycles. The minimum atomic E-state index is -1.78. The number of anilines is 1. The molecule has 0 bridgehead atoms. The zero-order valence-electron chi connectivity index (χ0n) is 22.9. The first-order valence-electron chi connectivity index (χ1n) is 13.9. The quantitative estimate of drug-likeness (QED) is 0.120. The van der Waals surface area contributed by atoms with E-state index >= 15 is 0 Å². The molecule has 0 aliphatic carbocycles. The van der Waals surface area contributed by atoms with E-state index in [-0.39, 0.29) is 5.69 Å². The highest BCUT2D eigenvalue weighted by molar-refractivity contribution is 14.1. The summed E-state index contributed by atoms with van der Waals surface area (Å²) in [6.45, 7) is 0. The fourth-order valence-electron chi connectivity index (χ4n) is 7.32. The van der Waals surface area contributed by atoms with Gasteiger partial charge in [0, 0.05) is 21.4 Å². The average molecular weight is 701 g/mol. The third-order valence-electron chi connectivity index (χ3n) is 8.96. The molecule has 7 rings (SSSR count). The summed E-state index contributed by atoms with van der Waals surface area (Å²) in [4.78, 5) is 54.9. The number of nitrogens with zero attached hydrogens (tertiary/aromatic N) is 2. The average Bonchev–Trinajstić information content (AvgIpc) is 3.50. The number of cyclic esters (lactones) is 1. The number of nitro benzene ring substituents is 1. The molecule has 11 heteroatoms. The molecule has 1 amide bonds. The maximum absolute atomic E-state index is 14.4. The number of carboxylic acids is 1. The Balaban J connectivity index is 1.56. The van der Waals surface area contributed by atoms with Gasteiger partial charge < -0.3 is 15.2 Å². The Labute approximate surface area is 264 Å². The van der Waals surface area contributed by atoms with Crippen LogP contribution in [0.4, 0.5) is 11.4 Å². The van der Waals surface area contributed by atoms with E-state index in [1.165, 1.54) is 12.1 Å². The molecule has 2 saturated heterocycles. The molecule has 0 saturated carbocycles. The van der Waals surface area contributed by atoms with Crippen LogP contribution in [0.1, 0.15) is 40.4 Å². The first-order valence-corrected chi connectivity index (χ1v) is 15.0. The first kappa shape index (κ1) is 28.2. The fourth-order valence-corrected chi connectivity index (χ4v) is 7.81. The lowest BCUT2D eigenvalue weighted by Gasteiger charge is -2.46. The molecular weight excluding hydrogens is 677 g/mol. The molecule has 4 aromatic carbocycles. The second kappa shape index (κ2) is 10.5. The summed E-state index contributed by atoms with van der Waals surface area (Å²) in [5.41, 5.74) is 0.905. The van der Waals surface area contributed by atoms with Crippen LogP contribution in [0.25, 0.3) is 0 Å². The number of amides is 1. The number of esters is 1. The minimum Gasteiger partial charge on any atom is -0.481 e. The molecular formula is C33H24IN3O7. The number of carbonyl (C=O) groups excluding carboxylic acids is 2. The molecule has 2 fully saturated rings. The molecule has 0 unspecified atom stereocenters. The lowest BCUT2D eigenvalue weighted by molar-refractivity contribution is -0.384. The molecule has 1 spiro atoms. The summed E-state index contributed by atoms with van der Waals surface area (Å²) in [5, 5.41) is 25.4. The van der Waals surface area contributed by atoms with Crippen molar-refractivity contribution in [1.82, 2.24) is 4.90 Å². The van der Waals surface area contributed by atoms with Crippen LogP contribution in [0.3, 0.4) is 0 Å². The molecule has 44 heavy (non-hydrogen) atoms. The molecule has 0 aromatic heterocycles. The summed E-state index contributed by atoms with van der Waals surface area (Å²) in [7, 11) is 0. The highest BCUT2D eigenvalue weighted by Gasteiger charge is 2.74. The molecule has 6 atom stereocenters. The number of hydrogen-bond acceptors (Lipinski definition) is 7. The number of nitro groups is 1. The van der Waals surface area contributed by atoms with E-state index in [2.05, 4.69) is 27.9 Å². The summed E-state index contributed by atoms with van der Waals surface area (Å²) in [6, 6.07) is 26.5. The zero-order valence-corrected chi connectivity index (χ0v) is 25.0. The smallest absolute Gasteiger partial charge is 0.325 e. The van der Waals surface area contributed by atoms with Crippen molar-refractivity contribution in [1.29, 1.82) is 0 Å². The van der Waals surface area contributed by atoms with Gasteiger partial charge in [-0.25, -0.2) is 0 Å². The number of aliphatic carboxylic acids is 1. The van der Waals surface area contributed by atoms with Crippen LogP contribution in [-0.2, 0) is 24.5 Å². The number of benzene rings is 4. The number of carboxylic acid groups (broad SMARTS) is 1. The molecule has 220 valence electrons. The minimum absolute atomic E-state index is 0.155. The van der Waals surface area contributed by atoms with Crippen molar-refractivity contribution in [2.24, 2.45) is 5.92 Å². The van der Waals surface area contributed by atoms with Gasteiger partial charge in [-0.1, -0.05) is 72.8 Å². The Hall–Kier alpha value is -4.62. The van der Waals surface area contributed by atoms with Crippen molar-refractivity contribution in [3.8, 4) is 0 Å². The summed E-state index contributed by atoms with van der Waals surface area (Å²) in [6.07, 6.45) is -0.840. The van der Waals surface area contributed by atoms with Gasteiger partial charge in [-0.3, -0.25) is 29.4 Å². The largest absolute Gasteiger partial charge is 0.481 e. The highest BCUT2D eigenvalue weighted by atomic mass is 127. The number of rotatable bonds is 5. The number of carbonyl (C=O) groups is 3. The summed E-state index contributed by atoms with van der Waals surface area (Å²) >= 11 is 2.11. The van der Waals surface area contributed by atoms with E-state index in [0.717, 1.165) is 9.13 Å². The van der Waals surface area contributed by atoms with Crippen molar-refractivity contribution in [2.75, 3.05) is 5.32 Å². The van der Waals surface area contributed by atoms with Crippen molar-refractivity contribution in [3.05, 3.63) is 139 Å². The normalized spacial score (nSPS) is 27.3. The summed E-state index contributed by atoms with van der Waals surface area (Å²) < 4.78 is 6.93. The van der Waals surface area contributed by atoms with E-state index in [0.29, 0.717) is 22.4 Å². The van der Waals surface area contributed by atoms with Gasteiger partial charge in [-0.05, 0) is 63.0 Å². The lowest BCUT2D eigenvalue weighted by atomic mass is 9.65. The predicted molar refractivity (Wildman–Crippen MR) is 167 cm³/mol. The third kappa shape index (κ3) is 4.06. The Morgan fingerprint density at radius 2 is 1.52 bits per heavy atom. The van der Waals surface area contributed by atoms with Gasteiger partial charge in [0.25, 0.3) is 5.69 Å². The molecule has 4 aromatic rings. The van der Waals surface area contributed by atoms with Crippen LogP contribution in [0.2, 0.25) is 0 Å². The maximum atomic E-state index is 14.4. The Kier molecular flexibility index (Phi) is 6.74. The van der Waals surface area contributed by atoms with Crippen LogP contribution in [0.15, 0.2) is 103 Å². The number of nitrogens with one attached hydrogen (secondary N) is 1. The molecule has 2 N–H and O–H groups in total. The Morgan fingerprint density at radius 1 is 0.886 bits per heavy atom. The van der Waals surface area contributed by atoms with Gasteiger partial charge in [0.1, 0.15) is 23.5 Å². The van der Waals surface area contributed by atoms with Gasteiger partial charge in [-0.15, -0.1) is 0 Å². The van der Waals surface area contributed by atoms with Gasteiger partial charge in [0.05, 0.1) is 17.0 Å². The van der Waals surface area contributed by atoms with Crippen LogP contribution < -0.4 is 5.32 Å². The second-order valence-electron chi connectivity index (χ2n) is 11.1. The zero-order chi connectivity index (χ0) is 30.7. The molecule has 0 radical (unpaired) electrons. The highest BCUT2D eigenvalue weighted by Crippen LogP contribution is 2.64. The summed E-state index contributed by atoms with van der Waals surface area (Å²) in [5.74, 6) is -4.18. The van der Waals surface area contributed by atoms with Crippen LogP contribution in [-0.4, -0.2) is 38.8 Å². The van der Waals surface area contributed by atoms with Crippen molar-refractivity contribution >= 4 is 51.8 Å². The van der Waals surface area contributed by atoms with Crippen molar-refractivity contribution in [3.63, 3.8) is 0 Å². The first-order chi connectivity index (χ1) is 21.2. The number of non-ortho nitro benzene ring substituents is 1. The van der Waals surface area contributed by atoms with E-state index in [9.17, 15) is 29.6 Å². The van der Waals surface area contributed by atoms with Crippen LogP contribution in [0.5, 0.6) is 0 Å². The van der Waals surface area contributed by atoms with Crippen molar-refractivity contribution < 1.29 is 29.2 Å². The van der Waals surface area contributed by atoms with Gasteiger partial charge in [-0.2, -0.15) is 0 Å². The standard InChI is InChI=1S/C33H24IN3O7/c34-21-13-16-24-23(17-21)33(32(41)35-24)25(30(38)39)27-31(40)44-28(19-9-5-2-6-10-19)26(18-7-3-1-4-8-18)36(27)29(33)20-11-14-22(15-12-20)37(42)43/h1-17,25-29H,(H,35,41)(H,38,39)/t25-,26-,27-,28+,29+,33-/m0/s1. The maximum Gasteiger partial charge on any atom is 0.325 e. The van der Waals surface area contributed by atoms with Crippen LogP contribution >= 0.6 is 22.6 Å². The number of ether oxygens (including phenoxy) is 1. The number of hydrogen-bond donors (Lipinski definition) is 2. The SMILES string of the molecule is O=C1O[C@H](c2ccccc2)[C@H](c2ccccc2)N2[C@H]1[C@@H](C(=O)O)[C@]1(C(=O)Nc3ccc(I)cc31)[C@H]2c1ccc([N+](=O)[O-])cc1. The third-order valence-corrected chi connectivity index (χ3v) is 9.63. The Morgan fingerprint density at radius 3 is 2.14 bits per heavy atom. The van der Waals surface area contributed by atoms with E-state index in [4.69, 9.17) is 4.74 Å². The number of morpholine rings is 1.